The molecule has 2 aromatic rings. The van der Waals surface area contributed by atoms with E-state index in [1.54, 1.807) is 19.2 Å². The molecule has 1 N–H and O–H groups in total. The summed E-state index contributed by atoms with van der Waals surface area (Å²) >= 11 is 12.2. The smallest absolute Gasteiger partial charge is 0.308 e. The van der Waals surface area contributed by atoms with Crippen LogP contribution in [0.3, 0.4) is 0 Å². The molecule has 4 atom stereocenters. The summed E-state index contributed by atoms with van der Waals surface area (Å²) in [5.41, 5.74) is 1.78. The molecule has 38 heavy (non-hydrogen) atoms. The van der Waals surface area contributed by atoms with Crippen LogP contribution in [0.1, 0.15) is 50.2 Å². The molecule has 2 aromatic carbocycles. The van der Waals surface area contributed by atoms with Gasteiger partial charge >= 0.3 is 5.97 Å². The summed E-state index contributed by atoms with van der Waals surface area (Å²) in [6.07, 6.45) is 5.43. The van der Waals surface area contributed by atoms with Gasteiger partial charge in [-0.25, -0.2) is 0 Å². The normalized spacial score (nSPS) is 27.4. The van der Waals surface area contributed by atoms with E-state index in [0.29, 0.717) is 15.8 Å². The summed E-state index contributed by atoms with van der Waals surface area (Å²) in [7, 11) is 1.78. The van der Waals surface area contributed by atoms with Crippen LogP contribution in [0.15, 0.2) is 42.5 Å². The standard InChI is InChI=1S/C30H36Cl2N2O4/c1-19(35)38-24-5-3-4-22(14-24)30-10-11-34(17-20-6-7-20)18-25(30)28(37-2)15-23(16-30)33-29(36)13-21-8-9-26(31)27(32)12-21/h3-5,8-9,12,14,20,23,25,28H,6-7,10-11,13,15-18H2,1-2H3,(H,33,36)/t23-,25?,28?,30?/m1/s1. The predicted molar refractivity (Wildman–Crippen MR) is 149 cm³/mol. The third kappa shape index (κ3) is 6.20. The van der Waals surface area contributed by atoms with E-state index >= 15 is 0 Å². The Hall–Kier alpha value is -2.12. The fourth-order valence-corrected chi connectivity index (χ4v) is 6.93. The highest BCUT2D eigenvalue weighted by atomic mass is 35.5. The number of hydrogen-bond donors (Lipinski definition) is 1. The maximum atomic E-state index is 13.1. The van der Waals surface area contributed by atoms with Gasteiger partial charge in [0.15, 0.2) is 0 Å². The number of carbonyl (C=O) groups is 2. The van der Waals surface area contributed by atoms with Gasteiger partial charge in [0.05, 0.1) is 22.6 Å². The lowest BCUT2D eigenvalue weighted by molar-refractivity contribution is -0.132. The number of methoxy groups -OCH3 is 1. The Morgan fingerprint density at radius 3 is 2.66 bits per heavy atom. The maximum Gasteiger partial charge on any atom is 0.308 e. The van der Waals surface area contributed by atoms with Gasteiger partial charge in [-0.2, -0.15) is 0 Å². The lowest BCUT2D eigenvalue weighted by Crippen LogP contribution is -2.61. The molecular formula is C30H36Cl2N2O4. The van der Waals surface area contributed by atoms with Crippen molar-refractivity contribution in [1.82, 2.24) is 10.2 Å². The zero-order valence-corrected chi connectivity index (χ0v) is 23.6. The fraction of sp³-hybridized carbons (Fsp3) is 0.533. The largest absolute Gasteiger partial charge is 0.427 e. The summed E-state index contributed by atoms with van der Waals surface area (Å²) in [4.78, 5) is 27.4. The summed E-state index contributed by atoms with van der Waals surface area (Å²) < 4.78 is 11.6. The monoisotopic (exact) mass is 558 g/mol. The third-order valence-corrected chi connectivity index (χ3v) is 9.25. The first-order valence-electron chi connectivity index (χ1n) is 13.5. The van der Waals surface area contributed by atoms with E-state index < -0.39 is 0 Å². The lowest BCUT2D eigenvalue weighted by atomic mass is 9.57. The highest BCUT2D eigenvalue weighted by Gasteiger charge is 2.53. The maximum absolute atomic E-state index is 13.1. The zero-order chi connectivity index (χ0) is 26.9. The molecule has 204 valence electrons. The molecule has 2 aliphatic carbocycles. The van der Waals surface area contributed by atoms with Crippen LogP contribution in [0.5, 0.6) is 5.75 Å². The number of rotatable bonds is 8. The number of esters is 1. The minimum absolute atomic E-state index is 0.00147. The van der Waals surface area contributed by atoms with E-state index in [0.717, 1.165) is 55.9 Å². The molecule has 1 saturated heterocycles. The third-order valence-electron chi connectivity index (χ3n) is 8.52. The van der Waals surface area contributed by atoms with Crippen molar-refractivity contribution < 1.29 is 19.1 Å². The number of benzene rings is 2. The van der Waals surface area contributed by atoms with E-state index in [9.17, 15) is 9.59 Å². The van der Waals surface area contributed by atoms with Crippen molar-refractivity contribution in [2.75, 3.05) is 26.7 Å². The molecule has 3 fully saturated rings. The van der Waals surface area contributed by atoms with Crippen LogP contribution in [0.2, 0.25) is 10.0 Å². The molecule has 5 rings (SSSR count). The molecule has 0 radical (unpaired) electrons. The van der Waals surface area contributed by atoms with Crippen molar-refractivity contribution in [2.45, 2.75) is 63.0 Å². The average molecular weight is 560 g/mol. The Morgan fingerprint density at radius 1 is 1.13 bits per heavy atom. The Labute approximate surface area is 235 Å². The molecule has 6 nitrogen and oxygen atoms in total. The average Bonchev–Trinajstić information content (AvgIpc) is 3.70. The highest BCUT2D eigenvalue weighted by molar-refractivity contribution is 6.42. The van der Waals surface area contributed by atoms with Crippen molar-refractivity contribution >= 4 is 35.1 Å². The summed E-state index contributed by atoms with van der Waals surface area (Å²) in [5, 5.41) is 4.22. The van der Waals surface area contributed by atoms with Crippen molar-refractivity contribution in [1.29, 1.82) is 0 Å². The molecule has 1 aliphatic heterocycles. The first kappa shape index (κ1) is 27.4. The van der Waals surface area contributed by atoms with Gasteiger partial charge in [0.2, 0.25) is 5.91 Å². The molecule has 8 heteroatoms. The summed E-state index contributed by atoms with van der Waals surface area (Å²) in [5.74, 6) is 1.28. The first-order chi connectivity index (χ1) is 18.3. The number of ether oxygens (including phenoxy) is 2. The van der Waals surface area contributed by atoms with Gasteiger partial charge in [-0.3, -0.25) is 9.59 Å². The molecule has 0 bridgehead atoms. The van der Waals surface area contributed by atoms with E-state index in [1.165, 1.54) is 19.8 Å². The van der Waals surface area contributed by atoms with Crippen molar-refractivity contribution in [3.05, 3.63) is 63.6 Å². The Balaban J connectivity index is 1.40. The quantitative estimate of drug-likeness (QED) is 0.346. The number of nitrogens with zero attached hydrogens (tertiary/aromatic N) is 1. The molecule has 0 aromatic heterocycles. The van der Waals surface area contributed by atoms with Crippen molar-refractivity contribution in [3.8, 4) is 5.75 Å². The number of piperidine rings is 1. The van der Waals surface area contributed by atoms with Gasteiger partial charge in [-0.15, -0.1) is 0 Å². The van der Waals surface area contributed by atoms with E-state index in [2.05, 4.69) is 16.3 Å². The molecule has 3 aliphatic rings. The van der Waals surface area contributed by atoms with Crippen LogP contribution < -0.4 is 10.1 Å². The molecular weight excluding hydrogens is 523 g/mol. The minimum atomic E-state index is -0.332. The van der Waals surface area contributed by atoms with Crippen LogP contribution >= 0.6 is 23.2 Å². The zero-order valence-electron chi connectivity index (χ0n) is 22.1. The first-order valence-corrected chi connectivity index (χ1v) is 14.3. The van der Waals surface area contributed by atoms with Crippen LogP contribution in [-0.2, 0) is 26.2 Å². The fourth-order valence-electron chi connectivity index (χ4n) is 6.61. The number of halogens is 2. The number of hydrogen-bond acceptors (Lipinski definition) is 5. The molecule has 3 unspecified atom stereocenters. The van der Waals surface area contributed by atoms with Crippen LogP contribution in [0.4, 0.5) is 0 Å². The lowest BCUT2D eigenvalue weighted by Gasteiger charge is -2.55. The number of nitrogens with one attached hydrogen (secondary N) is 1. The number of fused-ring (bicyclic) bond motifs is 1. The van der Waals surface area contributed by atoms with E-state index in [4.69, 9.17) is 32.7 Å². The number of amides is 1. The second-order valence-electron chi connectivity index (χ2n) is 11.2. The van der Waals surface area contributed by atoms with Gasteiger partial charge in [0.25, 0.3) is 0 Å². The second-order valence-corrected chi connectivity index (χ2v) is 12.1. The summed E-state index contributed by atoms with van der Waals surface area (Å²) in [6.45, 7) is 4.55. The minimum Gasteiger partial charge on any atom is -0.427 e. The van der Waals surface area contributed by atoms with Gasteiger partial charge in [-0.05, 0) is 80.0 Å². The van der Waals surface area contributed by atoms with Gasteiger partial charge in [-0.1, -0.05) is 41.4 Å². The Kier molecular flexibility index (Phi) is 8.34. The van der Waals surface area contributed by atoms with E-state index in [-0.39, 0.29) is 41.8 Å². The van der Waals surface area contributed by atoms with Gasteiger partial charge in [0.1, 0.15) is 5.75 Å². The second kappa shape index (κ2) is 11.5. The van der Waals surface area contributed by atoms with E-state index in [1.807, 2.05) is 24.3 Å². The SMILES string of the molecule is COC1C[C@@H](NC(=O)Cc2ccc(Cl)c(Cl)c2)CC2(c3cccc(OC(C)=O)c3)CCN(CC3CC3)CC12. The molecule has 1 heterocycles. The molecule has 2 saturated carbocycles. The molecule has 1 amide bonds. The van der Waals surface area contributed by atoms with Crippen LogP contribution in [-0.4, -0.2) is 55.7 Å². The summed E-state index contributed by atoms with van der Waals surface area (Å²) in [6, 6.07) is 13.2. The van der Waals surface area contributed by atoms with Gasteiger partial charge < -0.3 is 19.7 Å². The van der Waals surface area contributed by atoms with Crippen LogP contribution in [0, 0.1) is 11.8 Å². The topological polar surface area (TPSA) is 67.9 Å². The van der Waals surface area contributed by atoms with Gasteiger partial charge in [0, 0.05) is 44.5 Å². The highest BCUT2D eigenvalue weighted by Crippen LogP contribution is 2.51. The van der Waals surface area contributed by atoms with Crippen LogP contribution in [0.25, 0.3) is 0 Å². The predicted octanol–water partition coefficient (Wildman–Crippen LogP) is 5.42. The Bertz CT molecular complexity index is 1190. The molecule has 0 spiro atoms. The number of carbonyl (C=O) groups excluding carboxylic acids is 2. The van der Waals surface area contributed by atoms with Crippen molar-refractivity contribution in [3.63, 3.8) is 0 Å². The number of likely N-dealkylation sites (tertiary alicyclic amines) is 1. The van der Waals surface area contributed by atoms with Crippen molar-refractivity contribution in [2.24, 2.45) is 11.8 Å². The Morgan fingerprint density at radius 2 is 1.95 bits per heavy atom.